The highest BCUT2D eigenvalue weighted by Crippen LogP contribution is 2.10. The van der Waals surface area contributed by atoms with E-state index in [0.717, 1.165) is 25.4 Å². The maximum Gasteiger partial charge on any atom is 0.0105 e. The van der Waals surface area contributed by atoms with Crippen molar-refractivity contribution in [3.8, 4) is 0 Å². The highest BCUT2D eigenvalue weighted by atomic mass is 15.1. The lowest BCUT2D eigenvalue weighted by Crippen LogP contribution is -2.38. The first-order valence-electron chi connectivity index (χ1n) is 5.59. The van der Waals surface area contributed by atoms with Crippen LogP contribution in [0, 0.1) is 5.92 Å². The van der Waals surface area contributed by atoms with Crippen molar-refractivity contribution < 1.29 is 0 Å². The fourth-order valence-corrected chi connectivity index (χ4v) is 1.84. The third kappa shape index (κ3) is 5.27. The minimum atomic E-state index is 0.692. The summed E-state index contributed by atoms with van der Waals surface area (Å²) < 4.78 is 0. The normalized spacial score (nSPS) is 14.1. The largest absolute Gasteiger partial charge is 0.330 e. The van der Waals surface area contributed by atoms with Crippen molar-refractivity contribution in [2.45, 2.75) is 46.6 Å². The molecule has 2 heteroatoms. The maximum atomic E-state index is 5.60. The van der Waals surface area contributed by atoms with E-state index in [1.807, 2.05) is 0 Å². The van der Waals surface area contributed by atoms with Gasteiger partial charge in [-0.05, 0) is 31.8 Å². The molecule has 0 fully saturated rings. The molecule has 1 unspecified atom stereocenters. The average molecular weight is 186 g/mol. The van der Waals surface area contributed by atoms with Gasteiger partial charge in [0.25, 0.3) is 0 Å². The summed E-state index contributed by atoms with van der Waals surface area (Å²) in [7, 11) is 0. The Kier molecular flexibility index (Phi) is 7.29. The van der Waals surface area contributed by atoms with E-state index in [0.29, 0.717) is 6.04 Å². The maximum absolute atomic E-state index is 5.60. The SMILES string of the molecule is CCC(CCN)N(CC)CC(C)C. The van der Waals surface area contributed by atoms with Crippen molar-refractivity contribution in [2.75, 3.05) is 19.6 Å². The first kappa shape index (κ1) is 12.9. The van der Waals surface area contributed by atoms with Crippen molar-refractivity contribution in [3.63, 3.8) is 0 Å². The first-order chi connectivity index (χ1) is 6.15. The zero-order chi connectivity index (χ0) is 10.3. The van der Waals surface area contributed by atoms with E-state index in [9.17, 15) is 0 Å². The molecule has 0 aromatic heterocycles. The monoisotopic (exact) mass is 186 g/mol. The van der Waals surface area contributed by atoms with Gasteiger partial charge in [-0.1, -0.05) is 27.7 Å². The van der Waals surface area contributed by atoms with E-state index in [2.05, 4.69) is 32.6 Å². The molecule has 0 bridgehead atoms. The molecule has 0 saturated carbocycles. The molecule has 0 aliphatic rings. The zero-order valence-corrected chi connectivity index (χ0v) is 9.71. The van der Waals surface area contributed by atoms with Crippen molar-refractivity contribution in [2.24, 2.45) is 11.7 Å². The summed E-state index contributed by atoms with van der Waals surface area (Å²) in [5.41, 5.74) is 5.60. The Bertz CT molecular complexity index is 113. The summed E-state index contributed by atoms with van der Waals surface area (Å²) in [6.07, 6.45) is 2.36. The summed E-state index contributed by atoms with van der Waals surface area (Å²) in [6.45, 7) is 12.2. The molecule has 0 spiro atoms. The third-order valence-electron chi connectivity index (χ3n) is 2.49. The standard InChI is InChI=1S/C11H26N2/c1-5-11(7-8-12)13(6-2)9-10(3)4/h10-11H,5-9,12H2,1-4H3. The number of hydrogen-bond donors (Lipinski definition) is 1. The molecule has 0 amide bonds. The molecule has 2 nitrogen and oxygen atoms in total. The van der Waals surface area contributed by atoms with Gasteiger partial charge in [0.15, 0.2) is 0 Å². The van der Waals surface area contributed by atoms with Gasteiger partial charge in [-0.15, -0.1) is 0 Å². The van der Waals surface area contributed by atoms with E-state index in [1.54, 1.807) is 0 Å². The predicted octanol–water partition coefficient (Wildman–Crippen LogP) is 2.09. The minimum absolute atomic E-state index is 0.692. The molecule has 13 heavy (non-hydrogen) atoms. The van der Waals surface area contributed by atoms with Gasteiger partial charge in [0.1, 0.15) is 0 Å². The third-order valence-corrected chi connectivity index (χ3v) is 2.49. The van der Waals surface area contributed by atoms with E-state index >= 15 is 0 Å². The van der Waals surface area contributed by atoms with Crippen LogP contribution in [0.2, 0.25) is 0 Å². The van der Waals surface area contributed by atoms with Crippen LogP contribution in [0.1, 0.15) is 40.5 Å². The van der Waals surface area contributed by atoms with E-state index in [1.165, 1.54) is 13.0 Å². The predicted molar refractivity (Wildman–Crippen MR) is 59.8 cm³/mol. The lowest BCUT2D eigenvalue weighted by atomic mass is 10.1. The molecule has 1 atom stereocenters. The molecule has 0 aromatic carbocycles. The van der Waals surface area contributed by atoms with Gasteiger partial charge < -0.3 is 10.6 Å². The molecule has 0 radical (unpaired) electrons. The van der Waals surface area contributed by atoms with E-state index in [4.69, 9.17) is 5.73 Å². The Balaban J connectivity index is 4.00. The van der Waals surface area contributed by atoms with E-state index in [-0.39, 0.29) is 0 Å². The van der Waals surface area contributed by atoms with Gasteiger partial charge in [-0.3, -0.25) is 0 Å². The van der Waals surface area contributed by atoms with Crippen molar-refractivity contribution >= 4 is 0 Å². The first-order valence-corrected chi connectivity index (χ1v) is 5.59. The van der Waals surface area contributed by atoms with Gasteiger partial charge in [0, 0.05) is 12.6 Å². The second-order valence-corrected chi connectivity index (χ2v) is 4.12. The summed E-state index contributed by atoms with van der Waals surface area (Å²) in [6, 6.07) is 0.692. The summed E-state index contributed by atoms with van der Waals surface area (Å²) in [4.78, 5) is 2.55. The Morgan fingerprint density at radius 1 is 1.23 bits per heavy atom. The molecular formula is C11H26N2. The Morgan fingerprint density at radius 2 is 1.85 bits per heavy atom. The van der Waals surface area contributed by atoms with Crippen LogP contribution in [0.5, 0.6) is 0 Å². The topological polar surface area (TPSA) is 29.3 Å². The van der Waals surface area contributed by atoms with Crippen LogP contribution < -0.4 is 5.73 Å². The molecule has 0 aromatic rings. The van der Waals surface area contributed by atoms with Gasteiger partial charge in [0.2, 0.25) is 0 Å². The van der Waals surface area contributed by atoms with Crippen LogP contribution in [0.4, 0.5) is 0 Å². The molecule has 80 valence electrons. The van der Waals surface area contributed by atoms with Crippen LogP contribution in [-0.4, -0.2) is 30.6 Å². The smallest absolute Gasteiger partial charge is 0.0105 e. The number of nitrogens with zero attached hydrogens (tertiary/aromatic N) is 1. The van der Waals surface area contributed by atoms with Crippen LogP contribution in [0.3, 0.4) is 0 Å². The lowest BCUT2D eigenvalue weighted by molar-refractivity contribution is 0.172. The van der Waals surface area contributed by atoms with Crippen LogP contribution in [0.15, 0.2) is 0 Å². The number of rotatable bonds is 7. The highest BCUT2D eigenvalue weighted by molar-refractivity contribution is 4.70. The quantitative estimate of drug-likeness (QED) is 0.659. The summed E-state index contributed by atoms with van der Waals surface area (Å²) >= 11 is 0. The van der Waals surface area contributed by atoms with Crippen LogP contribution in [-0.2, 0) is 0 Å². The Hall–Kier alpha value is -0.0800. The lowest BCUT2D eigenvalue weighted by Gasteiger charge is -2.31. The number of hydrogen-bond acceptors (Lipinski definition) is 2. The molecule has 0 saturated heterocycles. The van der Waals surface area contributed by atoms with Crippen molar-refractivity contribution in [1.29, 1.82) is 0 Å². The zero-order valence-electron chi connectivity index (χ0n) is 9.71. The van der Waals surface area contributed by atoms with Gasteiger partial charge in [-0.2, -0.15) is 0 Å². The summed E-state index contributed by atoms with van der Waals surface area (Å²) in [5.74, 6) is 0.756. The Labute approximate surface area is 83.5 Å². The van der Waals surface area contributed by atoms with Crippen molar-refractivity contribution in [3.05, 3.63) is 0 Å². The average Bonchev–Trinajstić information content (AvgIpc) is 2.10. The van der Waals surface area contributed by atoms with Gasteiger partial charge in [0.05, 0.1) is 0 Å². The fraction of sp³-hybridized carbons (Fsp3) is 1.00. The van der Waals surface area contributed by atoms with Crippen LogP contribution >= 0.6 is 0 Å². The fourth-order valence-electron chi connectivity index (χ4n) is 1.84. The second kappa shape index (κ2) is 7.34. The second-order valence-electron chi connectivity index (χ2n) is 4.12. The highest BCUT2D eigenvalue weighted by Gasteiger charge is 2.14. The minimum Gasteiger partial charge on any atom is -0.330 e. The molecule has 0 aliphatic heterocycles. The molecule has 0 rings (SSSR count). The van der Waals surface area contributed by atoms with Gasteiger partial charge in [-0.25, -0.2) is 0 Å². The van der Waals surface area contributed by atoms with Gasteiger partial charge >= 0.3 is 0 Å². The molecule has 0 aliphatic carbocycles. The van der Waals surface area contributed by atoms with E-state index < -0.39 is 0 Å². The number of nitrogens with two attached hydrogens (primary N) is 1. The molecule has 2 N–H and O–H groups in total. The Morgan fingerprint density at radius 3 is 2.15 bits per heavy atom. The van der Waals surface area contributed by atoms with Crippen molar-refractivity contribution in [1.82, 2.24) is 4.90 Å². The molecule has 0 heterocycles. The summed E-state index contributed by atoms with van der Waals surface area (Å²) in [5, 5.41) is 0. The van der Waals surface area contributed by atoms with Crippen LogP contribution in [0.25, 0.3) is 0 Å². The molecular weight excluding hydrogens is 160 g/mol.